The molecule has 1 atom stereocenters. The van der Waals surface area contributed by atoms with Gasteiger partial charge in [-0.15, -0.1) is 0 Å². The van der Waals surface area contributed by atoms with Crippen LogP contribution in [0.25, 0.3) is 0 Å². The molecule has 1 fully saturated rings. The van der Waals surface area contributed by atoms with Gasteiger partial charge in [0.15, 0.2) is 0 Å². The molecule has 2 N–H and O–H groups in total. The molecule has 1 saturated heterocycles. The molecule has 118 valence electrons. The Bertz CT molecular complexity index is 450. The molecule has 0 spiro atoms. The van der Waals surface area contributed by atoms with E-state index in [0.29, 0.717) is 6.04 Å². The molecule has 1 aromatic rings. The Hall–Kier alpha value is -1.40. The Labute approximate surface area is 127 Å². The number of anilines is 2. The zero-order chi connectivity index (χ0) is 15.2. The number of piperazine rings is 1. The molecule has 1 unspecified atom stereocenters. The van der Waals surface area contributed by atoms with Gasteiger partial charge in [-0.05, 0) is 21.0 Å². The summed E-state index contributed by atoms with van der Waals surface area (Å²) in [6.45, 7) is 9.30. The fourth-order valence-electron chi connectivity index (χ4n) is 2.56. The Morgan fingerprint density at radius 1 is 1.14 bits per heavy atom. The number of likely N-dealkylation sites (N-methyl/N-ethyl adjacent to an activating group) is 2. The van der Waals surface area contributed by atoms with Crippen LogP contribution in [0, 0.1) is 0 Å². The van der Waals surface area contributed by atoms with E-state index in [1.54, 1.807) is 0 Å². The van der Waals surface area contributed by atoms with E-state index in [9.17, 15) is 0 Å². The molecule has 0 aromatic carbocycles. The van der Waals surface area contributed by atoms with Gasteiger partial charge in [-0.3, -0.25) is 4.90 Å². The molecule has 6 heteroatoms. The predicted molar refractivity (Wildman–Crippen MR) is 88.0 cm³/mol. The lowest BCUT2D eigenvalue weighted by Crippen LogP contribution is -2.52. The fraction of sp³-hybridized carbons (Fsp3) is 0.733. The van der Waals surface area contributed by atoms with E-state index in [-0.39, 0.29) is 0 Å². The largest absolute Gasteiger partial charge is 0.370 e. The number of hydrogen-bond acceptors (Lipinski definition) is 6. The molecular formula is C15H28N6. The fourth-order valence-corrected chi connectivity index (χ4v) is 2.56. The van der Waals surface area contributed by atoms with Crippen molar-refractivity contribution in [3.05, 3.63) is 11.9 Å². The number of nitrogens with zero attached hydrogens (tertiary/aromatic N) is 4. The van der Waals surface area contributed by atoms with E-state index < -0.39 is 0 Å². The van der Waals surface area contributed by atoms with Gasteiger partial charge in [-0.25, -0.2) is 9.97 Å². The van der Waals surface area contributed by atoms with Gasteiger partial charge < -0.3 is 15.5 Å². The smallest absolute Gasteiger partial charge is 0.132 e. The Morgan fingerprint density at radius 3 is 2.52 bits per heavy atom. The second-order valence-corrected chi connectivity index (χ2v) is 5.72. The van der Waals surface area contributed by atoms with E-state index in [2.05, 4.69) is 58.3 Å². The van der Waals surface area contributed by atoms with Crippen LogP contribution in [0.5, 0.6) is 0 Å². The van der Waals surface area contributed by atoms with E-state index in [4.69, 9.17) is 0 Å². The van der Waals surface area contributed by atoms with Crippen LogP contribution in [0.2, 0.25) is 0 Å². The van der Waals surface area contributed by atoms with E-state index in [1.807, 2.05) is 6.07 Å². The van der Waals surface area contributed by atoms with Crippen LogP contribution in [-0.4, -0.2) is 72.6 Å². The lowest BCUT2D eigenvalue weighted by molar-refractivity contribution is 0.122. The third kappa shape index (κ3) is 4.54. The summed E-state index contributed by atoms with van der Waals surface area (Å²) in [5.74, 6) is 2.70. The summed E-state index contributed by atoms with van der Waals surface area (Å²) in [7, 11) is 4.38. The normalized spacial score (nSPS) is 20.5. The molecule has 0 amide bonds. The molecule has 1 aliphatic rings. The maximum Gasteiger partial charge on any atom is 0.132 e. The molecule has 0 saturated carbocycles. The summed E-state index contributed by atoms with van der Waals surface area (Å²) in [5, 5.41) is 6.75. The van der Waals surface area contributed by atoms with Crippen molar-refractivity contribution in [3.8, 4) is 0 Å². The number of hydrogen-bond donors (Lipinski definition) is 2. The first-order valence-electron chi connectivity index (χ1n) is 7.86. The molecular weight excluding hydrogens is 264 g/mol. The van der Waals surface area contributed by atoms with E-state index in [0.717, 1.165) is 56.6 Å². The second-order valence-electron chi connectivity index (χ2n) is 5.72. The summed E-state index contributed by atoms with van der Waals surface area (Å²) < 4.78 is 0. The van der Waals surface area contributed by atoms with Crippen molar-refractivity contribution < 1.29 is 0 Å². The molecule has 1 aromatic heterocycles. The van der Waals surface area contributed by atoms with Gasteiger partial charge in [-0.2, -0.15) is 0 Å². The number of rotatable bonds is 6. The van der Waals surface area contributed by atoms with Gasteiger partial charge in [0, 0.05) is 51.3 Å². The van der Waals surface area contributed by atoms with E-state index >= 15 is 0 Å². The van der Waals surface area contributed by atoms with Crippen LogP contribution >= 0.6 is 0 Å². The molecule has 21 heavy (non-hydrogen) atoms. The van der Waals surface area contributed by atoms with Gasteiger partial charge in [0.25, 0.3) is 0 Å². The van der Waals surface area contributed by atoms with Crippen LogP contribution in [0.4, 0.5) is 11.6 Å². The Morgan fingerprint density at radius 2 is 1.86 bits per heavy atom. The number of aryl methyl sites for hydroxylation is 1. The molecule has 0 aliphatic carbocycles. The lowest BCUT2D eigenvalue weighted by atomic mass is 10.2. The highest BCUT2D eigenvalue weighted by Gasteiger charge is 2.21. The highest BCUT2D eigenvalue weighted by Crippen LogP contribution is 2.13. The first kappa shape index (κ1) is 16.0. The summed E-state index contributed by atoms with van der Waals surface area (Å²) in [6, 6.07) is 2.52. The monoisotopic (exact) mass is 292 g/mol. The SMILES string of the molecule is CCNc1cc(NCC2CN(C)CCN2C)nc(CC)n1. The average molecular weight is 292 g/mol. The first-order valence-corrected chi connectivity index (χ1v) is 7.86. The van der Waals surface area contributed by atoms with Crippen LogP contribution < -0.4 is 10.6 Å². The first-order chi connectivity index (χ1) is 10.1. The Kier molecular flexibility index (Phi) is 5.76. The van der Waals surface area contributed by atoms with Gasteiger partial charge in [-0.1, -0.05) is 6.92 Å². The van der Waals surface area contributed by atoms with Gasteiger partial charge >= 0.3 is 0 Å². The van der Waals surface area contributed by atoms with Crippen LogP contribution in [0.3, 0.4) is 0 Å². The summed E-state index contributed by atoms with van der Waals surface area (Å²) in [4.78, 5) is 13.9. The van der Waals surface area contributed by atoms with Crippen molar-refractivity contribution in [2.75, 3.05) is 57.5 Å². The Balaban J connectivity index is 1.99. The number of nitrogens with one attached hydrogen (secondary N) is 2. The lowest BCUT2D eigenvalue weighted by Gasteiger charge is -2.37. The van der Waals surface area contributed by atoms with Crippen molar-refractivity contribution in [2.45, 2.75) is 26.3 Å². The minimum absolute atomic E-state index is 0.520. The van der Waals surface area contributed by atoms with Crippen LogP contribution in [0.15, 0.2) is 6.07 Å². The highest BCUT2D eigenvalue weighted by molar-refractivity contribution is 5.47. The molecule has 2 rings (SSSR count). The molecule has 0 radical (unpaired) electrons. The molecule has 2 heterocycles. The van der Waals surface area contributed by atoms with Gasteiger partial charge in [0.05, 0.1) is 0 Å². The molecule has 0 bridgehead atoms. The predicted octanol–water partition coefficient (Wildman–Crippen LogP) is 1.13. The van der Waals surface area contributed by atoms with Crippen molar-refractivity contribution in [3.63, 3.8) is 0 Å². The zero-order valence-electron chi connectivity index (χ0n) is 13.7. The standard InChI is InChI=1S/C15H28N6/c1-5-13-18-14(16-6-2)9-15(19-13)17-10-12-11-20(3)7-8-21(12)4/h9,12H,5-8,10-11H2,1-4H3,(H2,16,17,18,19). The van der Waals surface area contributed by atoms with Gasteiger partial charge in [0.2, 0.25) is 0 Å². The third-order valence-corrected chi connectivity index (χ3v) is 3.95. The second kappa shape index (κ2) is 7.56. The topological polar surface area (TPSA) is 56.3 Å². The summed E-state index contributed by atoms with van der Waals surface area (Å²) in [5.41, 5.74) is 0. The van der Waals surface area contributed by atoms with E-state index in [1.165, 1.54) is 0 Å². The number of aromatic nitrogens is 2. The zero-order valence-corrected chi connectivity index (χ0v) is 13.7. The van der Waals surface area contributed by atoms with Crippen LogP contribution in [0.1, 0.15) is 19.7 Å². The van der Waals surface area contributed by atoms with Gasteiger partial charge in [0.1, 0.15) is 17.5 Å². The van der Waals surface area contributed by atoms with Crippen molar-refractivity contribution in [1.82, 2.24) is 19.8 Å². The van der Waals surface area contributed by atoms with Crippen molar-refractivity contribution in [1.29, 1.82) is 0 Å². The maximum absolute atomic E-state index is 4.57. The quantitative estimate of drug-likeness (QED) is 0.820. The maximum atomic E-state index is 4.57. The summed E-state index contributed by atoms with van der Waals surface area (Å²) >= 11 is 0. The minimum Gasteiger partial charge on any atom is -0.370 e. The molecule has 1 aliphatic heterocycles. The third-order valence-electron chi connectivity index (χ3n) is 3.95. The minimum atomic E-state index is 0.520. The highest BCUT2D eigenvalue weighted by atomic mass is 15.3. The van der Waals surface area contributed by atoms with Crippen LogP contribution in [-0.2, 0) is 6.42 Å². The van der Waals surface area contributed by atoms with Crippen molar-refractivity contribution >= 4 is 11.6 Å². The molecule has 6 nitrogen and oxygen atoms in total. The summed E-state index contributed by atoms with van der Waals surface area (Å²) in [6.07, 6.45) is 0.847. The average Bonchev–Trinajstić information content (AvgIpc) is 2.48. The van der Waals surface area contributed by atoms with Crippen molar-refractivity contribution in [2.24, 2.45) is 0 Å².